The molecule has 1 saturated carbocycles. The van der Waals surface area contributed by atoms with Gasteiger partial charge in [-0.1, -0.05) is 18.5 Å². The summed E-state index contributed by atoms with van der Waals surface area (Å²) in [5.41, 5.74) is 2.17. The molecular formula is C22H20ClN5O3S2. The number of hydrogen-bond acceptors (Lipinski definition) is 7. The number of rotatable bonds is 7. The second-order valence-electron chi connectivity index (χ2n) is 7.86. The van der Waals surface area contributed by atoms with E-state index in [0.717, 1.165) is 16.0 Å². The van der Waals surface area contributed by atoms with Crippen LogP contribution in [0.25, 0.3) is 16.0 Å². The van der Waals surface area contributed by atoms with E-state index in [-0.39, 0.29) is 16.1 Å². The summed E-state index contributed by atoms with van der Waals surface area (Å²) in [7, 11) is -3.33. The number of sulfone groups is 1. The van der Waals surface area contributed by atoms with Gasteiger partial charge in [-0.05, 0) is 43.5 Å². The molecular weight excluding hydrogens is 482 g/mol. The molecule has 1 N–H and O–H groups in total. The van der Waals surface area contributed by atoms with Gasteiger partial charge < -0.3 is 5.32 Å². The van der Waals surface area contributed by atoms with Gasteiger partial charge in [0, 0.05) is 29.2 Å². The average Bonchev–Trinajstić information content (AvgIpc) is 3.43. The molecule has 1 unspecified atom stereocenters. The topological polar surface area (TPSA) is 106 Å². The van der Waals surface area contributed by atoms with Gasteiger partial charge in [0.2, 0.25) is 0 Å². The van der Waals surface area contributed by atoms with Crippen LogP contribution in [0.2, 0.25) is 5.02 Å². The summed E-state index contributed by atoms with van der Waals surface area (Å²) >= 11 is 7.37. The van der Waals surface area contributed by atoms with Gasteiger partial charge in [0.25, 0.3) is 5.91 Å². The maximum absolute atomic E-state index is 12.9. The van der Waals surface area contributed by atoms with E-state index in [1.165, 1.54) is 23.6 Å². The molecule has 5 rings (SSSR count). The molecule has 1 aliphatic rings. The van der Waals surface area contributed by atoms with E-state index in [1.807, 2.05) is 13.0 Å². The number of hydrogen-bond donors (Lipinski definition) is 1. The van der Waals surface area contributed by atoms with Crippen molar-refractivity contribution in [3.63, 3.8) is 0 Å². The first kappa shape index (κ1) is 22.0. The van der Waals surface area contributed by atoms with Gasteiger partial charge >= 0.3 is 0 Å². The smallest absolute Gasteiger partial charge is 0.280 e. The minimum atomic E-state index is -3.33. The lowest BCUT2D eigenvalue weighted by molar-refractivity contribution is 0.0934. The lowest BCUT2D eigenvalue weighted by Gasteiger charge is -2.16. The van der Waals surface area contributed by atoms with Crippen molar-refractivity contribution in [2.75, 3.05) is 0 Å². The minimum Gasteiger partial charge on any atom is -0.342 e. The third-order valence-corrected chi connectivity index (χ3v) is 9.09. The Bertz CT molecular complexity index is 1460. The van der Waals surface area contributed by atoms with E-state index >= 15 is 0 Å². The van der Waals surface area contributed by atoms with Crippen LogP contribution in [0, 0.1) is 0 Å². The number of aromatic nitrogens is 4. The van der Waals surface area contributed by atoms with Crippen LogP contribution in [0.5, 0.6) is 0 Å². The molecule has 1 amide bonds. The summed E-state index contributed by atoms with van der Waals surface area (Å²) in [5, 5.41) is 7.84. The Kier molecular flexibility index (Phi) is 5.67. The molecule has 8 nitrogen and oxygen atoms in total. The van der Waals surface area contributed by atoms with Crippen LogP contribution >= 0.6 is 22.9 Å². The van der Waals surface area contributed by atoms with Crippen LogP contribution < -0.4 is 5.32 Å². The minimum absolute atomic E-state index is 0.256. The Morgan fingerprint density at radius 3 is 2.85 bits per heavy atom. The van der Waals surface area contributed by atoms with Gasteiger partial charge in [-0.15, -0.1) is 11.3 Å². The fourth-order valence-corrected chi connectivity index (χ4v) is 6.29. The highest BCUT2D eigenvalue weighted by Gasteiger charge is 2.37. The van der Waals surface area contributed by atoms with Crippen molar-refractivity contribution in [2.45, 2.75) is 42.4 Å². The molecule has 11 heteroatoms. The first-order valence-electron chi connectivity index (χ1n) is 10.5. The fraction of sp³-hybridized carbons (Fsp3) is 0.273. The molecule has 0 radical (unpaired) electrons. The number of carbonyl (C=O) groups excluding carboxylic acids is 1. The van der Waals surface area contributed by atoms with Crippen LogP contribution in [0.4, 0.5) is 0 Å². The standard InChI is InChI=1S/C22H20ClN5O3S2/c1-2-17(18-10-15(5-7-24-18)33(30,31)14-3-4-14)27-21(29)22-25-12-20(32-22)16-11-26-28-8-6-13(23)9-19(16)28/h5-12,14,17H,2-4H2,1H3,(H,27,29). The first-order chi connectivity index (χ1) is 15.9. The highest BCUT2D eigenvalue weighted by atomic mass is 35.5. The summed E-state index contributed by atoms with van der Waals surface area (Å²) in [4.78, 5) is 22.6. The average molecular weight is 502 g/mol. The molecule has 33 heavy (non-hydrogen) atoms. The van der Waals surface area contributed by atoms with Crippen molar-refractivity contribution >= 4 is 44.2 Å². The summed E-state index contributed by atoms with van der Waals surface area (Å²) in [6, 6.07) is 6.21. The lowest BCUT2D eigenvalue weighted by atomic mass is 10.1. The lowest BCUT2D eigenvalue weighted by Crippen LogP contribution is -2.28. The Labute approximate surface area is 199 Å². The molecule has 0 aliphatic heterocycles. The van der Waals surface area contributed by atoms with Gasteiger partial charge in [0.1, 0.15) is 0 Å². The van der Waals surface area contributed by atoms with E-state index in [9.17, 15) is 13.2 Å². The van der Waals surface area contributed by atoms with Crippen molar-refractivity contribution < 1.29 is 13.2 Å². The third-order valence-electron chi connectivity index (χ3n) is 5.56. The van der Waals surface area contributed by atoms with Crippen LogP contribution in [-0.2, 0) is 9.84 Å². The Hall–Kier alpha value is -2.82. The maximum atomic E-state index is 12.9. The number of carbonyl (C=O) groups is 1. The van der Waals surface area contributed by atoms with Crippen molar-refractivity contribution in [2.24, 2.45) is 0 Å². The maximum Gasteiger partial charge on any atom is 0.280 e. The zero-order valence-electron chi connectivity index (χ0n) is 17.6. The van der Waals surface area contributed by atoms with E-state index in [1.54, 1.807) is 35.2 Å². The summed E-state index contributed by atoms with van der Waals surface area (Å²) < 4.78 is 26.9. The van der Waals surface area contributed by atoms with Gasteiger partial charge in [0.05, 0.1) is 38.5 Å². The van der Waals surface area contributed by atoms with E-state index in [2.05, 4.69) is 20.4 Å². The predicted molar refractivity (Wildman–Crippen MR) is 126 cm³/mol. The number of nitrogens with one attached hydrogen (secondary N) is 1. The number of pyridine rings is 2. The molecule has 4 aromatic heterocycles. The number of thiazole rings is 1. The molecule has 0 aromatic carbocycles. The fourth-order valence-electron chi connectivity index (χ4n) is 3.62. The number of fused-ring (bicyclic) bond motifs is 1. The molecule has 1 fully saturated rings. The highest BCUT2D eigenvalue weighted by Crippen LogP contribution is 2.34. The van der Waals surface area contributed by atoms with Gasteiger partial charge in [0.15, 0.2) is 14.8 Å². The van der Waals surface area contributed by atoms with Crippen LogP contribution in [0.1, 0.15) is 47.7 Å². The Morgan fingerprint density at radius 2 is 2.09 bits per heavy atom. The number of amides is 1. The normalized spacial score (nSPS) is 15.0. The predicted octanol–water partition coefficient (Wildman–Crippen LogP) is 4.32. The monoisotopic (exact) mass is 501 g/mol. The molecule has 1 aliphatic carbocycles. The van der Waals surface area contributed by atoms with Crippen molar-refractivity contribution in [1.29, 1.82) is 0 Å². The van der Waals surface area contributed by atoms with Crippen LogP contribution in [0.15, 0.2) is 53.9 Å². The Morgan fingerprint density at radius 1 is 1.27 bits per heavy atom. The van der Waals surface area contributed by atoms with E-state index in [4.69, 9.17) is 11.6 Å². The van der Waals surface area contributed by atoms with Crippen molar-refractivity contribution in [3.05, 3.63) is 64.8 Å². The second-order valence-corrected chi connectivity index (χ2v) is 11.6. The SMILES string of the molecule is CCC(NC(=O)c1ncc(-c2cnn3ccc(Cl)cc23)s1)c1cc(S(=O)(=O)C2CC2)ccn1. The van der Waals surface area contributed by atoms with Crippen LogP contribution in [-0.4, -0.2) is 39.2 Å². The van der Waals surface area contributed by atoms with Gasteiger partial charge in [-0.2, -0.15) is 5.10 Å². The zero-order valence-corrected chi connectivity index (χ0v) is 20.0. The van der Waals surface area contributed by atoms with Crippen LogP contribution in [0.3, 0.4) is 0 Å². The summed E-state index contributed by atoms with van der Waals surface area (Å²) in [6.07, 6.45) is 8.54. The van der Waals surface area contributed by atoms with Gasteiger partial charge in [-0.25, -0.2) is 17.9 Å². The van der Waals surface area contributed by atoms with Crippen molar-refractivity contribution in [3.8, 4) is 10.4 Å². The zero-order chi connectivity index (χ0) is 23.2. The molecule has 0 bridgehead atoms. The third kappa shape index (κ3) is 4.25. The molecule has 0 saturated heterocycles. The highest BCUT2D eigenvalue weighted by molar-refractivity contribution is 7.92. The summed E-state index contributed by atoms with van der Waals surface area (Å²) in [5.74, 6) is -0.343. The molecule has 4 heterocycles. The largest absolute Gasteiger partial charge is 0.342 e. The number of nitrogens with zero attached hydrogens (tertiary/aromatic N) is 4. The molecule has 0 spiro atoms. The second kappa shape index (κ2) is 8.51. The molecule has 4 aromatic rings. The quantitative estimate of drug-likeness (QED) is 0.404. The van der Waals surface area contributed by atoms with Crippen molar-refractivity contribution in [1.82, 2.24) is 24.9 Å². The summed E-state index contributed by atoms with van der Waals surface area (Å²) in [6.45, 7) is 1.91. The van der Waals surface area contributed by atoms with Gasteiger partial charge in [-0.3, -0.25) is 9.78 Å². The van der Waals surface area contributed by atoms with E-state index < -0.39 is 15.9 Å². The molecule has 170 valence electrons. The Balaban J connectivity index is 1.37. The first-order valence-corrected chi connectivity index (χ1v) is 13.2. The molecule has 1 atom stereocenters. The van der Waals surface area contributed by atoms with E-state index in [0.29, 0.717) is 35.0 Å². The number of halogens is 1.